The molecule has 1 atom stereocenters. The first-order valence-corrected chi connectivity index (χ1v) is 9.22. The molecule has 1 aromatic rings. The van der Waals surface area contributed by atoms with Crippen LogP contribution in [0.4, 0.5) is 10.5 Å². The van der Waals surface area contributed by atoms with Gasteiger partial charge in [-0.25, -0.2) is 4.79 Å². The van der Waals surface area contributed by atoms with Crippen LogP contribution in [-0.4, -0.2) is 55.5 Å². The zero-order valence-electron chi connectivity index (χ0n) is 16.1. The number of hydrogen-bond donors (Lipinski definition) is 3. The number of para-hydroxylation sites is 2. The zero-order chi connectivity index (χ0) is 19.8. The van der Waals surface area contributed by atoms with Crippen molar-refractivity contribution >= 4 is 23.5 Å². The largest absolute Gasteiger partial charge is 0.495 e. The zero-order valence-corrected chi connectivity index (χ0v) is 16.1. The molecule has 1 saturated heterocycles. The summed E-state index contributed by atoms with van der Waals surface area (Å²) in [5, 5.41) is 7.79. The lowest BCUT2D eigenvalue weighted by Gasteiger charge is -2.34. The summed E-state index contributed by atoms with van der Waals surface area (Å²) in [6.45, 7) is 5.25. The maximum absolute atomic E-state index is 12.5. The topological polar surface area (TPSA) is 99.8 Å². The summed E-state index contributed by atoms with van der Waals surface area (Å²) in [5.74, 6) is 0.125. The van der Waals surface area contributed by atoms with E-state index in [0.717, 1.165) is 0 Å². The standard InChI is InChI=1S/C19H28N4O4/c1-4-20-19(26)22-17(24)13(2)23-11-9-14(10-12-23)18(25)21-15-7-5-6-8-16(15)27-3/h5-8,13-14H,4,9-12H2,1-3H3,(H,21,25)(H2,20,22,24,26). The molecule has 1 aromatic carbocycles. The molecule has 0 radical (unpaired) electrons. The van der Waals surface area contributed by atoms with Crippen LogP contribution < -0.4 is 20.7 Å². The van der Waals surface area contributed by atoms with Crippen LogP contribution in [0, 0.1) is 5.92 Å². The van der Waals surface area contributed by atoms with Crippen molar-refractivity contribution in [1.29, 1.82) is 0 Å². The van der Waals surface area contributed by atoms with Gasteiger partial charge >= 0.3 is 6.03 Å². The van der Waals surface area contributed by atoms with Crippen molar-refractivity contribution < 1.29 is 19.1 Å². The number of carbonyl (C=O) groups excluding carboxylic acids is 3. The quantitative estimate of drug-likeness (QED) is 0.700. The van der Waals surface area contributed by atoms with Gasteiger partial charge in [-0.2, -0.15) is 0 Å². The van der Waals surface area contributed by atoms with Crippen molar-refractivity contribution in [1.82, 2.24) is 15.5 Å². The molecular weight excluding hydrogens is 348 g/mol. The number of urea groups is 1. The van der Waals surface area contributed by atoms with Crippen LogP contribution in [0.5, 0.6) is 5.75 Å². The van der Waals surface area contributed by atoms with Gasteiger partial charge in [-0.05, 0) is 51.9 Å². The van der Waals surface area contributed by atoms with Gasteiger partial charge in [-0.3, -0.25) is 19.8 Å². The maximum Gasteiger partial charge on any atom is 0.321 e. The van der Waals surface area contributed by atoms with Gasteiger partial charge in [0.1, 0.15) is 5.75 Å². The maximum atomic E-state index is 12.5. The summed E-state index contributed by atoms with van der Waals surface area (Å²) in [7, 11) is 1.57. The van der Waals surface area contributed by atoms with Crippen LogP contribution in [-0.2, 0) is 9.59 Å². The van der Waals surface area contributed by atoms with Crippen LogP contribution in [0.2, 0.25) is 0 Å². The number of rotatable bonds is 6. The number of hydrogen-bond acceptors (Lipinski definition) is 5. The highest BCUT2D eigenvalue weighted by atomic mass is 16.5. The molecule has 8 heteroatoms. The number of nitrogens with one attached hydrogen (secondary N) is 3. The number of methoxy groups -OCH3 is 1. The van der Waals surface area contributed by atoms with E-state index in [4.69, 9.17) is 4.74 Å². The second-order valence-corrected chi connectivity index (χ2v) is 6.52. The fourth-order valence-electron chi connectivity index (χ4n) is 3.12. The Bertz CT molecular complexity index is 671. The van der Waals surface area contributed by atoms with E-state index in [2.05, 4.69) is 16.0 Å². The van der Waals surface area contributed by atoms with E-state index in [0.29, 0.717) is 43.9 Å². The van der Waals surface area contributed by atoms with Gasteiger partial charge in [0.15, 0.2) is 0 Å². The highest BCUT2D eigenvalue weighted by Gasteiger charge is 2.30. The molecule has 3 N–H and O–H groups in total. The second-order valence-electron chi connectivity index (χ2n) is 6.52. The van der Waals surface area contributed by atoms with Gasteiger partial charge in [-0.15, -0.1) is 0 Å². The van der Waals surface area contributed by atoms with E-state index in [1.807, 2.05) is 17.0 Å². The van der Waals surface area contributed by atoms with E-state index >= 15 is 0 Å². The van der Waals surface area contributed by atoms with Crippen LogP contribution in [0.15, 0.2) is 24.3 Å². The molecule has 0 spiro atoms. The van der Waals surface area contributed by atoms with Crippen LogP contribution in [0.3, 0.4) is 0 Å². The Balaban J connectivity index is 1.84. The molecule has 1 aliphatic heterocycles. The average molecular weight is 376 g/mol. The monoisotopic (exact) mass is 376 g/mol. The van der Waals surface area contributed by atoms with Crippen molar-refractivity contribution in [2.24, 2.45) is 5.92 Å². The van der Waals surface area contributed by atoms with Gasteiger partial charge < -0.3 is 15.4 Å². The minimum Gasteiger partial charge on any atom is -0.495 e. The van der Waals surface area contributed by atoms with E-state index in [1.54, 1.807) is 33.1 Å². The second kappa shape index (κ2) is 9.91. The fraction of sp³-hybridized carbons (Fsp3) is 0.526. The number of nitrogens with zero attached hydrogens (tertiary/aromatic N) is 1. The Labute approximate surface area is 159 Å². The molecule has 1 fully saturated rings. The molecule has 1 unspecified atom stereocenters. The highest BCUT2D eigenvalue weighted by Crippen LogP contribution is 2.26. The van der Waals surface area contributed by atoms with Crippen molar-refractivity contribution in [3.63, 3.8) is 0 Å². The normalized spacial score (nSPS) is 16.3. The third-order valence-corrected chi connectivity index (χ3v) is 4.77. The molecule has 27 heavy (non-hydrogen) atoms. The number of benzene rings is 1. The van der Waals surface area contributed by atoms with E-state index in [-0.39, 0.29) is 17.7 Å². The number of anilines is 1. The Morgan fingerprint density at radius 3 is 2.52 bits per heavy atom. The number of imide groups is 1. The molecule has 148 valence electrons. The van der Waals surface area contributed by atoms with Crippen LogP contribution in [0.1, 0.15) is 26.7 Å². The van der Waals surface area contributed by atoms with Gasteiger partial charge in [-0.1, -0.05) is 12.1 Å². The minimum absolute atomic E-state index is 0.0430. The Hall–Kier alpha value is -2.61. The van der Waals surface area contributed by atoms with Gasteiger partial charge in [0.25, 0.3) is 0 Å². The third kappa shape index (κ3) is 5.68. The molecule has 2 rings (SSSR count). The first-order chi connectivity index (χ1) is 13.0. The lowest BCUT2D eigenvalue weighted by atomic mass is 9.94. The fourth-order valence-corrected chi connectivity index (χ4v) is 3.12. The van der Waals surface area contributed by atoms with Gasteiger partial charge in [0.05, 0.1) is 18.8 Å². The molecular formula is C19H28N4O4. The smallest absolute Gasteiger partial charge is 0.321 e. The summed E-state index contributed by atoms with van der Waals surface area (Å²) in [4.78, 5) is 38.2. The highest BCUT2D eigenvalue weighted by molar-refractivity contribution is 5.97. The lowest BCUT2D eigenvalue weighted by molar-refractivity contribution is -0.126. The van der Waals surface area contributed by atoms with Gasteiger partial charge in [0, 0.05) is 12.5 Å². The number of amides is 4. The predicted molar refractivity (Wildman–Crippen MR) is 103 cm³/mol. The molecule has 0 saturated carbocycles. The number of carbonyl (C=O) groups is 3. The first-order valence-electron chi connectivity index (χ1n) is 9.22. The summed E-state index contributed by atoms with van der Waals surface area (Å²) >= 11 is 0. The van der Waals surface area contributed by atoms with E-state index in [9.17, 15) is 14.4 Å². The van der Waals surface area contributed by atoms with E-state index < -0.39 is 12.1 Å². The van der Waals surface area contributed by atoms with Crippen LogP contribution >= 0.6 is 0 Å². The molecule has 4 amide bonds. The molecule has 0 aliphatic carbocycles. The van der Waals surface area contributed by atoms with Crippen molar-refractivity contribution in [3.05, 3.63) is 24.3 Å². The van der Waals surface area contributed by atoms with Crippen LogP contribution in [0.25, 0.3) is 0 Å². The first kappa shape index (κ1) is 20.7. The molecule has 1 heterocycles. The Morgan fingerprint density at radius 2 is 1.89 bits per heavy atom. The summed E-state index contributed by atoms with van der Waals surface area (Å²) in [6.07, 6.45) is 1.31. The number of piperidine rings is 1. The minimum atomic E-state index is -0.486. The predicted octanol–water partition coefficient (Wildman–Crippen LogP) is 1.58. The molecule has 0 aromatic heterocycles. The summed E-state index contributed by atoms with van der Waals surface area (Å²) in [5.41, 5.74) is 0.655. The molecule has 0 bridgehead atoms. The van der Waals surface area contributed by atoms with Crippen molar-refractivity contribution in [3.8, 4) is 5.75 Å². The molecule has 1 aliphatic rings. The van der Waals surface area contributed by atoms with E-state index in [1.165, 1.54) is 0 Å². The third-order valence-electron chi connectivity index (χ3n) is 4.77. The Morgan fingerprint density at radius 1 is 1.22 bits per heavy atom. The number of likely N-dealkylation sites (tertiary alicyclic amines) is 1. The van der Waals surface area contributed by atoms with Gasteiger partial charge in [0.2, 0.25) is 11.8 Å². The Kier molecular flexibility index (Phi) is 7.60. The lowest BCUT2D eigenvalue weighted by Crippen LogP contribution is -2.52. The van der Waals surface area contributed by atoms with Crippen molar-refractivity contribution in [2.45, 2.75) is 32.7 Å². The SMILES string of the molecule is CCNC(=O)NC(=O)C(C)N1CCC(C(=O)Nc2ccccc2OC)CC1. The summed E-state index contributed by atoms with van der Waals surface area (Å²) in [6, 6.07) is 6.38. The average Bonchev–Trinajstić information content (AvgIpc) is 2.68. The summed E-state index contributed by atoms with van der Waals surface area (Å²) < 4.78 is 5.26. The van der Waals surface area contributed by atoms with Crippen molar-refractivity contribution in [2.75, 3.05) is 32.1 Å². The molecule has 8 nitrogen and oxygen atoms in total. The number of ether oxygens (including phenoxy) is 1.